The van der Waals surface area contributed by atoms with E-state index < -0.39 is 114 Å². The van der Waals surface area contributed by atoms with Gasteiger partial charge in [-0.05, 0) is 88.0 Å². The smallest absolute Gasteiger partial charge is 0.329 e. The third-order valence-electron chi connectivity index (χ3n) is 13.9. The number of rotatable bonds is 7. The highest BCUT2D eigenvalue weighted by Crippen LogP contribution is 2.29. The number of hydrogen-bond donors (Lipinski definition) is 2. The van der Waals surface area contributed by atoms with Crippen LogP contribution in [0, 0.1) is 29.6 Å². The average Bonchev–Trinajstić information content (AvgIpc) is 4.07. The minimum Gasteiger partial charge on any atom is -0.452 e. The molecule has 0 spiro atoms. The van der Waals surface area contributed by atoms with E-state index in [4.69, 9.17) is 9.47 Å². The molecule has 4 aliphatic heterocycles. The Balaban J connectivity index is 1.55. The highest BCUT2D eigenvalue weighted by molar-refractivity contribution is 5.97. The highest BCUT2D eigenvalue weighted by Gasteiger charge is 2.47. The van der Waals surface area contributed by atoms with Crippen molar-refractivity contribution in [1.29, 1.82) is 0 Å². The lowest BCUT2D eigenvalue weighted by atomic mass is 9.91. The number of esters is 2. The molecule has 16 nitrogen and oxygen atoms in total. The van der Waals surface area contributed by atoms with E-state index in [-0.39, 0.29) is 37.9 Å². The number of amides is 6. The molecule has 4 saturated heterocycles. The van der Waals surface area contributed by atoms with E-state index in [0.717, 1.165) is 5.56 Å². The number of fused-ring (bicyclic) bond motifs is 3. The SMILES string of the molecule is CC[C@H](C)[C@H]1C(=O)N2CCC[C@H]2C(=O)NC(C(C)Cc2ccccc2)C(=O)N2CCC[C@H]2C(=O)NC(C(C)C)C(C)C(=O)O[C@@H](C)C(=O)N2CCC[C@H]2C(=O)O[C@H](C(C)C)C(=O)N1C. The van der Waals surface area contributed by atoms with E-state index >= 15 is 0 Å². The number of nitrogens with zero attached hydrogens (tertiary/aromatic N) is 4. The second kappa shape index (κ2) is 21.8. The Morgan fingerprint density at radius 1 is 0.625 bits per heavy atom. The Labute approximate surface area is 378 Å². The first kappa shape index (κ1) is 50.0. The molecule has 4 heterocycles. The van der Waals surface area contributed by atoms with Crippen LogP contribution in [0.25, 0.3) is 0 Å². The molecule has 16 heteroatoms. The van der Waals surface area contributed by atoms with Crippen molar-refractivity contribution in [2.75, 3.05) is 26.7 Å². The minimum atomic E-state index is -1.30. The van der Waals surface area contributed by atoms with Crippen molar-refractivity contribution in [3.05, 3.63) is 35.9 Å². The number of carbonyl (C=O) groups is 8. The Hall–Kier alpha value is -5.02. The van der Waals surface area contributed by atoms with Crippen LogP contribution in [0.15, 0.2) is 30.3 Å². The van der Waals surface area contributed by atoms with E-state index in [9.17, 15) is 38.4 Å². The van der Waals surface area contributed by atoms with Gasteiger partial charge in [-0.2, -0.15) is 0 Å². The Morgan fingerprint density at radius 2 is 1.16 bits per heavy atom. The number of hydrogen-bond acceptors (Lipinski definition) is 10. The zero-order valence-corrected chi connectivity index (χ0v) is 39.5. The van der Waals surface area contributed by atoms with Crippen LogP contribution in [0.1, 0.15) is 113 Å². The van der Waals surface area contributed by atoms with Crippen LogP contribution >= 0.6 is 0 Å². The topological polar surface area (TPSA) is 192 Å². The Kier molecular flexibility index (Phi) is 17.0. The first-order valence-electron chi connectivity index (χ1n) is 23.5. The first-order valence-corrected chi connectivity index (χ1v) is 23.5. The predicted octanol–water partition coefficient (Wildman–Crippen LogP) is 3.49. The molecule has 2 N–H and O–H groups in total. The number of benzene rings is 1. The zero-order chi connectivity index (χ0) is 47.2. The molecule has 0 bridgehead atoms. The largest absolute Gasteiger partial charge is 0.452 e. The molecule has 11 atom stereocenters. The fraction of sp³-hybridized carbons (Fsp3) is 0.708. The number of cyclic esters (lactones) is 2. The van der Waals surface area contributed by atoms with E-state index in [1.54, 1.807) is 20.8 Å². The maximum Gasteiger partial charge on any atom is 0.329 e. The molecule has 4 aliphatic rings. The van der Waals surface area contributed by atoms with Gasteiger partial charge in [0.05, 0.1) is 5.92 Å². The van der Waals surface area contributed by atoms with E-state index in [1.165, 1.54) is 33.6 Å². The van der Waals surface area contributed by atoms with Gasteiger partial charge < -0.3 is 39.7 Å². The monoisotopic (exact) mass is 893 g/mol. The lowest BCUT2D eigenvalue weighted by Gasteiger charge is -2.38. The standard InChI is InChI=1S/C48H72N6O10/c1-11-29(6)39-45(59)53-24-16-21-35(53)42(56)50-38(30(7)26-33-18-13-12-14-19-33)44(58)52-23-15-20-34(52)41(55)49-37(27(2)3)31(8)47(61)63-32(9)43(57)54-25-17-22-36(54)48(62)64-40(28(4)5)46(60)51(39)10/h12-14,18-19,27-32,34-40H,11,15-17,20-26H2,1-10H3,(H,49,55)(H,50,56)/t29-,30?,31?,32-,34-,35-,36-,37?,38?,39-,40+/m0/s1. The lowest BCUT2D eigenvalue weighted by Crippen LogP contribution is -2.61. The molecule has 0 aromatic heterocycles. The van der Waals surface area contributed by atoms with Gasteiger partial charge >= 0.3 is 11.9 Å². The van der Waals surface area contributed by atoms with Crippen LogP contribution < -0.4 is 10.6 Å². The van der Waals surface area contributed by atoms with Crippen molar-refractivity contribution in [3.63, 3.8) is 0 Å². The summed E-state index contributed by atoms with van der Waals surface area (Å²) in [7, 11) is 1.51. The molecule has 0 saturated carbocycles. The number of ether oxygens (including phenoxy) is 2. The van der Waals surface area contributed by atoms with E-state index in [1.807, 2.05) is 65.0 Å². The molecule has 1 aromatic carbocycles. The second-order valence-electron chi connectivity index (χ2n) is 19.2. The fourth-order valence-electron chi connectivity index (χ4n) is 9.90. The summed E-state index contributed by atoms with van der Waals surface area (Å²) in [6.45, 7) is 16.6. The van der Waals surface area contributed by atoms with Crippen molar-refractivity contribution >= 4 is 47.4 Å². The Morgan fingerprint density at radius 3 is 1.70 bits per heavy atom. The van der Waals surface area contributed by atoms with E-state index in [2.05, 4.69) is 10.6 Å². The Bertz CT molecular complexity index is 1880. The average molecular weight is 893 g/mol. The van der Waals surface area contributed by atoms with Crippen LogP contribution in [-0.4, -0.2) is 142 Å². The van der Waals surface area contributed by atoms with Gasteiger partial charge in [0.25, 0.3) is 11.8 Å². The van der Waals surface area contributed by atoms with Crippen molar-refractivity contribution < 1.29 is 47.8 Å². The molecule has 0 aliphatic carbocycles. The lowest BCUT2D eigenvalue weighted by molar-refractivity contribution is -0.172. The molecule has 1 aromatic rings. The summed E-state index contributed by atoms with van der Waals surface area (Å²) in [6, 6.07) is 3.94. The van der Waals surface area contributed by atoms with Crippen LogP contribution in [0.5, 0.6) is 0 Å². The van der Waals surface area contributed by atoms with Gasteiger partial charge in [-0.3, -0.25) is 33.6 Å². The second-order valence-corrected chi connectivity index (χ2v) is 19.2. The molecule has 0 radical (unpaired) electrons. The maximum atomic E-state index is 14.8. The quantitative estimate of drug-likeness (QED) is 0.384. The first-order chi connectivity index (χ1) is 30.3. The molecule has 4 fully saturated rings. The predicted molar refractivity (Wildman–Crippen MR) is 238 cm³/mol. The summed E-state index contributed by atoms with van der Waals surface area (Å²) in [4.78, 5) is 120. The minimum absolute atomic E-state index is 0.207. The van der Waals surface area contributed by atoms with Crippen molar-refractivity contribution in [3.8, 4) is 0 Å². The molecular formula is C48H72N6O10. The van der Waals surface area contributed by atoms with Gasteiger partial charge in [0.15, 0.2) is 12.2 Å². The molecule has 4 unspecified atom stereocenters. The van der Waals surface area contributed by atoms with E-state index in [0.29, 0.717) is 44.9 Å². The molecule has 354 valence electrons. The zero-order valence-electron chi connectivity index (χ0n) is 39.5. The van der Waals surface area contributed by atoms with Gasteiger partial charge in [-0.1, -0.05) is 85.2 Å². The summed E-state index contributed by atoms with van der Waals surface area (Å²) in [5.41, 5.74) is 0.956. The fourth-order valence-corrected chi connectivity index (χ4v) is 9.90. The van der Waals surface area contributed by atoms with Crippen molar-refractivity contribution in [2.45, 2.75) is 162 Å². The van der Waals surface area contributed by atoms with Crippen molar-refractivity contribution in [2.24, 2.45) is 29.6 Å². The summed E-state index contributed by atoms with van der Waals surface area (Å²) in [5.74, 6) is -6.94. The van der Waals surface area contributed by atoms with Gasteiger partial charge in [0, 0.05) is 32.7 Å². The number of carbonyl (C=O) groups excluding carboxylic acids is 8. The molecule has 6 amide bonds. The summed E-state index contributed by atoms with van der Waals surface area (Å²) in [6.07, 6.45) is 0.895. The summed E-state index contributed by atoms with van der Waals surface area (Å²) >= 11 is 0. The maximum absolute atomic E-state index is 14.8. The van der Waals surface area contributed by atoms with Crippen LogP contribution in [0.2, 0.25) is 0 Å². The van der Waals surface area contributed by atoms with Crippen LogP contribution in [0.4, 0.5) is 0 Å². The van der Waals surface area contributed by atoms with Gasteiger partial charge in [0.2, 0.25) is 23.6 Å². The molecule has 64 heavy (non-hydrogen) atoms. The number of nitrogens with one attached hydrogen (secondary N) is 2. The van der Waals surface area contributed by atoms with Gasteiger partial charge in [-0.25, -0.2) is 4.79 Å². The van der Waals surface area contributed by atoms with Gasteiger partial charge in [0.1, 0.15) is 30.2 Å². The molecule has 5 rings (SSSR count). The normalized spacial score (nSPS) is 30.8. The van der Waals surface area contributed by atoms with Gasteiger partial charge in [-0.15, -0.1) is 0 Å². The van der Waals surface area contributed by atoms with Crippen LogP contribution in [0.3, 0.4) is 0 Å². The summed E-state index contributed by atoms with van der Waals surface area (Å²) in [5, 5.41) is 6.07. The number of likely N-dealkylation sites (N-methyl/N-ethyl adjacent to an activating group) is 1. The highest BCUT2D eigenvalue weighted by atomic mass is 16.6. The third kappa shape index (κ3) is 11.1. The van der Waals surface area contributed by atoms with Crippen LogP contribution in [-0.2, 0) is 54.3 Å². The summed E-state index contributed by atoms with van der Waals surface area (Å²) < 4.78 is 11.7. The van der Waals surface area contributed by atoms with Crippen molar-refractivity contribution in [1.82, 2.24) is 30.2 Å². The molecular weight excluding hydrogens is 821 g/mol. The third-order valence-corrected chi connectivity index (χ3v) is 13.9.